The molecule has 110 valence electrons. The molecule has 0 spiro atoms. The summed E-state index contributed by atoms with van der Waals surface area (Å²) < 4.78 is 19.3. The smallest absolute Gasteiger partial charge is 0.142 e. The molecule has 0 bridgehead atoms. The van der Waals surface area contributed by atoms with Gasteiger partial charge in [-0.25, -0.2) is 4.39 Å². The van der Waals surface area contributed by atoms with E-state index in [9.17, 15) is 4.39 Å². The minimum absolute atomic E-state index is 0.0538. The molecule has 1 saturated carbocycles. The molecule has 1 aliphatic carbocycles. The summed E-state index contributed by atoms with van der Waals surface area (Å²) in [7, 11) is 0. The van der Waals surface area contributed by atoms with Gasteiger partial charge in [0.05, 0.1) is 11.6 Å². The van der Waals surface area contributed by atoms with Crippen molar-refractivity contribution in [1.29, 1.82) is 0 Å². The highest BCUT2D eigenvalue weighted by atomic mass is 35.5. The second-order valence-corrected chi connectivity index (χ2v) is 6.58. The number of nitrogens with one attached hydrogen (secondary N) is 1. The Kier molecular flexibility index (Phi) is 4.29. The Morgan fingerprint density at radius 1 is 1.40 bits per heavy atom. The summed E-state index contributed by atoms with van der Waals surface area (Å²) >= 11 is 6.11. The molecule has 1 atom stereocenters. The average molecular weight is 298 g/mol. The van der Waals surface area contributed by atoms with Crippen LogP contribution in [0.1, 0.15) is 31.2 Å². The van der Waals surface area contributed by atoms with Gasteiger partial charge < -0.3 is 10.1 Å². The van der Waals surface area contributed by atoms with Crippen molar-refractivity contribution in [2.45, 2.75) is 38.1 Å². The van der Waals surface area contributed by atoms with Crippen LogP contribution in [0, 0.1) is 11.2 Å². The van der Waals surface area contributed by atoms with E-state index in [1.165, 1.54) is 18.9 Å². The fraction of sp³-hybridized carbons (Fsp3) is 0.625. The van der Waals surface area contributed by atoms with Gasteiger partial charge in [-0.2, -0.15) is 0 Å². The molecule has 2 fully saturated rings. The molecule has 1 aliphatic heterocycles. The van der Waals surface area contributed by atoms with Crippen LogP contribution in [0.15, 0.2) is 18.2 Å². The van der Waals surface area contributed by atoms with Crippen molar-refractivity contribution in [3.63, 3.8) is 0 Å². The van der Waals surface area contributed by atoms with E-state index >= 15 is 0 Å². The SMILES string of the molecule is Fc1cccc(CC2(CNC3CC3)CCCOC2)c1Cl. The van der Waals surface area contributed by atoms with Gasteiger partial charge >= 0.3 is 0 Å². The largest absolute Gasteiger partial charge is 0.381 e. The first-order valence-electron chi connectivity index (χ1n) is 7.43. The standard InChI is InChI=1S/C16H21ClFNO/c17-15-12(3-1-4-14(15)18)9-16(7-2-8-20-11-16)10-19-13-5-6-13/h1,3-4,13,19H,2,5-11H2. The van der Waals surface area contributed by atoms with Crippen LogP contribution in [-0.2, 0) is 11.2 Å². The predicted molar refractivity (Wildman–Crippen MR) is 78.6 cm³/mol. The fourth-order valence-corrected chi connectivity index (χ4v) is 3.18. The minimum Gasteiger partial charge on any atom is -0.381 e. The monoisotopic (exact) mass is 297 g/mol. The van der Waals surface area contributed by atoms with Crippen molar-refractivity contribution in [3.8, 4) is 0 Å². The minimum atomic E-state index is -0.328. The second-order valence-electron chi connectivity index (χ2n) is 6.20. The van der Waals surface area contributed by atoms with Crippen LogP contribution in [0.4, 0.5) is 4.39 Å². The Morgan fingerprint density at radius 2 is 2.25 bits per heavy atom. The number of benzene rings is 1. The van der Waals surface area contributed by atoms with Crippen LogP contribution in [-0.4, -0.2) is 25.8 Å². The second kappa shape index (κ2) is 6.00. The van der Waals surface area contributed by atoms with Crippen molar-refractivity contribution in [3.05, 3.63) is 34.6 Å². The molecule has 2 nitrogen and oxygen atoms in total. The highest BCUT2D eigenvalue weighted by Crippen LogP contribution is 2.35. The molecular weight excluding hydrogens is 277 g/mol. The van der Waals surface area contributed by atoms with Crippen molar-refractivity contribution in [2.75, 3.05) is 19.8 Å². The molecule has 1 aromatic carbocycles. The normalized spacial score (nSPS) is 26.7. The molecule has 1 heterocycles. The zero-order valence-corrected chi connectivity index (χ0v) is 12.4. The maximum absolute atomic E-state index is 13.6. The van der Waals surface area contributed by atoms with Gasteiger partial charge in [-0.15, -0.1) is 0 Å². The Hall–Kier alpha value is -0.640. The first-order valence-corrected chi connectivity index (χ1v) is 7.80. The first kappa shape index (κ1) is 14.3. The molecule has 1 saturated heterocycles. The number of rotatable bonds is 5. The van der Waals surface area contributed by atoms with Gasteiger partial charge in [-0.05, 0) is 43.7 Å². The molecule has 0 radical (unpaired) electrons. The number of hydrogen-bond acceptors (Lipinski definition) is 2. The van der Waals surface area contributed by atoms with Gasteiger partial charge in [0, 0.05) is 24.6 Å². The van der Waals surface area contributed by atoms with E-state index in [4.69, 9.17) is 16.3 Å². The molecule has 2 aliphatic rings. The molecule has 1 N–H and O–H groups in total. The zero-order valence-electron chi connectivity index (χ0n) is 11.6. The van der Waals surface area contributed by atoms with Crippen LogP contribution in [0.25, 0.3) is 0 Å². The topological polar surface area (TPSA) is 21.3 Å². The van der Waals surface area contributed by atoms with Crippen LogP contribution in [0.2, 0.25) is 5.02 Å². The van der Waals surface area contributed by atoms with E-state index < -0.39 is 0 Å². The summed E-state index contributed by atoms with van der Waals surface area (Å²) in [5.41, 5.74) is 0.952. The number of halogens is 2. The van der Waals surface area contributed by atoms with Crippen molar-refractivity contribution >= 4 is 11.6 Å². The lowest BCUT2D eigenvalue weighted by Gasteiger charge is -2.38. The van der Waals surface area contributed by atoms with Crippen molar-refractivity contribution in [2.24, 2.45) is 5.41 Å². The van der Waals surface area contributed by atoms with E-state index in [1.54, 1.807) is 6.07 Å². The lowest BCUT2D eigenvalue weighted by molar-refractivity contribution is -0.00736. The molecule has 0 amide bonds. The Morgan fingerprint density at radius 3 is 2.95 bits per heavy atom. The maximum atomic E-state index is 13.6. The lowest BCUT2D eigenvalue weighted by Crippen LogP contribution is -2.43. The quantitative estimate of drug-likeness (QED) is 0.897. The van der Waals surface area contributed by atoms with E-state index in [0.29, 0.717) is 6.04 Å². The van der Waals surface area contributed by atoms with E-state index in [-0.39, 0.29) is 16.3 Å². The average Bonchev–Trinajstić information content (AvgIpc) is 3.27. The maximum Gasteiger partial charge on any atom is 0.142 e. The number of hydrogen-bond donors (Lipinski definition) is 1. The molecule has 0 aromatic heterocycles. The van der Waals surface area contributed by atoms with E-state index in [2.05, 4.69) is 5.32 Å². The Labute approximate surface area is 124 Å². The summed E-state index contributed by atoms with van der Waals surface area (Å²) in [4.78, 5) is 0. The third-order valence-corrected chi connectivity index (χ3v) is 4.77. The summed E-state index contributed by atoms with van der Waals surface area (Å²) in [6.45, 7) is 2.51. The summed E-state index contributed by atoms with van der Waals surface area (Å²) in [5, 5.41) is 3.87. The van der Waals surface area contributed by atoms with Gasteiger partial charge in [-0.1, -0.05) is 23.7 Å². The fourth-order valence-electron chi connectivity index (χ4n) is 2.99. The molecule has 20 heavy (non-hydrogen) atoms. The van der Waals surface area contributed by atoms with Gasteiger partial charge in [0.25, 0.3) is 0 Å². The molecule has 1 unspecified atom stereocenters. The Balaban J connectivity index is 1.75. The van der Waals surface area contributed by atoms with Gasteiger partial charge in [0.2, 0.25) is 0 Å². The molecule has 1 aromatic rings. The van der Waals surface area contributed by atoms with Gasteiger partial charge in [0.15, 0.2) is 0 Å². The van der Waals surface area contributed by atoms with Crippen LogP contribution in [0.3, 0.4) is 0 Å². The highest BCUT2D eigenvalue weighted by molar-refractivity contribution is 6.31. The van der Waals surface area contributed by atoms with Gasteiger partial charge in [-0.3, -0.25) is 0 Å². The summed E-state index contributed by atoms with van der Waals surface area (Å²) in [6, 6.07) is 5.76. The third kappa shape index (κ3) is 3.33. The van der Waals surface area contributed by atoms with Crippen molar-refractivity contribution < 1.29 is 9.13 Å². The number of ether oxygens (including phenoxy) is 1. The first-order chi connectivity index (χ1) is 9.69. The van der Waals surface area contributed by atoms with Crippen LogP contribution < -0.4 is 5.32 Å². The third-order valence-electron chi connectivity index (χ3n) is 4.34. The van der Waals surface area contributed by atoms with Crippen LogP contribution in [0.5, 0.6) is 0 Å². The predicted octanol–water partition coefficient (Wildman–Crippen LogP) is 3.57. The zero-order chi connectivity index (χ0) is 14.0. The summed E-state index contributed by atoms with van der Waals surface area (Å²) in [5.74, 6) is -0.328. The molecule has 3 rings (SSSR count). The van der Waals surface area contributed by atoms with Crippen molar-refractivity contribution in [1.82, 2.24) is 5.32 Å². The highest BCUT2D eigenvalue weighted by Gasteiger charge is 2.35. The lowest BCUT2D eigenvalue weighted by atomic mass is 9.77. The van der Waals surface area contributed by atoms with Crippen LogP contribution >= 0.6 is 11.6 Å². The molecule has 4 heteroatoms. The van der Waals surface area contributed by atoms with Gasteiger partial charge in [0.1, 0.15) is 5.82 Å². The molecular formula is C16H21ClFNO. The Bertz CT molecular complexity index is 470. The van der Waals surface area contributed by atoms with E-state index in [1.807, 2.05) is 6.07 Å². The van der Waals surface area contributed by atoms with E-state index in [0.717, 1.165) is 44.6 Å². The summed E-state index contributed by atoms with van der Waals surface area (Å²) in [6.07, 6.45) is 5.51.